The van der Waals surface area contributed by atoms with Gasteiger partial charge in [-0.3, -0.25) is 4.79 Å². The number of allylic oxidation sites excluding steroid dienone is 1. The topological polar surface area (TPSA) is 36.0 Å². The molecule has 4 aliphatic rings. The SMILES string of the molecule is COc1ccc(C2=CC(=O)N3C=C(N4C[C@H]5CN(C)C[C@H]5C4)C=CC3P2)cc1F. The molecule has 0 bridgehead atoms. The summed E-state index contributed by atoms with van der Waals surface area (Å²) in [5.74, 6) is 1.22. The Bertz CT molecular complexity index is 930. The third kappa shape index (κ3) is 3.38. The van der Waals surface area contributed by atoms with Crippen LogP contribution >= 0.6 is 8.58 Å². The summed E-state index contributed by atoms with van der Waals surface area (Å²) in [7, 11) is 4.02. The normalized spacial score (nSPS) is 29.8. The van der Waals surface area contributed by atoms with E-state index in [4.69, 9.17) is 4.74 Å². The maximum absolute atomic E-state index is 14.1. The molecule has 1 amide bonds. The zero-order chi connectivity index (χ0) is 20.1. The highest BCUT2D eigenvalue weighted by molar-refractivity contribution is 7.51. The van der Waals surface area contributed by atoms with Crippen molar-refractivity contribution >= 4 is 19.8 Å². The molecule has 0 spiro atoms. The van der Waals surface area contributed by atoms with Crippen LogP contribution in [-0.2, 0) is 4.79 Å². The van der Waals surface area contributed by atoms with Gasteiger partial charge < -0.3 is 19.4 Å². The highest BCUT2D eigenvalue weighted by atomic mass is 31.1. The van der Waals surface area contributed by atoms with E-state index >= 15 is 0 Å². The Morgan fingerprint density at radius 2 is 1.93 bits per heavy atom. The predicted octanol–water partition coefficient (Wildman–Crippen LogP) is 2.93. The van der Waals surface area contributed by atoms with Crippen LogP contribution in [0, 0.1) is 17.7 Å². The van der Waals surface area contributed by atoms with E-state index in [2.05, 4.69) is 29.0 Å². The number of carbonyl (C=O) groups excluding carboxylic acids is 1. The number of carbonyl (C=O) groups is 1. The van der Waals surface area contributed by atoms with Gasteiger partial charge in [0.2, 0.25) is 0 Å². The first-order chi connectivity index (χ1) is 14.0. The first kappa shape index (κ1) is 18.8. The zero-order valence-corrected chi connectivity index (χ0v) is 17.6. The summed E-state index contributed by atoms with van der Waals surface area (Å²) in [6, 6.07) is 4.88. The van der Waals surface area contributed by atoms with Crippen LogP contribution in [0.4, 0.5) is 4.39 Å². The van der Waals surface area contributed by atoms with E-state index < -0.39 is 5.82 Å². The first-order valence-electron chi connectivity index (χ1n) is 10.00. The lowest BCUT2D eigenvalue weighted by Crippen LogP contribution is -2.37. The summed E-state index contributed by atoms with van der Waals surface area (Å²) in [4.78, 5) is 19.5. The van der Waals surface area contributed by atoms with Gasteiger partial charge in [0.05, 0.1) is 18.6 Å². The van der Waals surface area contributed by atoms with Gasteiger partial charge in [0, 0.05) is 38.5 Å². The molecule has 152 valence electrons. The lowest BCUT2D eigenvalue weighted by Gasteiger charge is -2.36. The van der Waals surface area contributed by atoms with E-state index in [1.165, 1.54) is 13.2 Å². The van der Waals surface area contributed by atoms with Crippen molar-refractivity contribution in [3.05, 3.63) is 59.7 Å². The fourth-order valence-corrected chi connectivity index (χ4v) is 6.27. The molecule has 1 aromatic carbocycles. The number of likely N-dealkylation sites (tertiary alicyclic amines) is 2. The predicted molar refractivity (Wildman–Crippen MR) is 113 cm³/mol. The highest BCUT2D eigenvalue weighted by Gasteiger charge is 2.40. The van der Waals surface area contributed by atoms with Crippen LogP contribution in [0.2, 0.25) is 0 Å². The molecule has 5 rings (SSSR count). The Balaban J connectivity index is 1.34. The molecule has 1 aromatic rings. The number of methoxy groups -OCH3 is 1. The van der Waals surface area contributed by atoms with Gasteiger partial charge in [-0.2, -0.15) is 0 Å². The molecule has 0 saturated carbocycles. The lowest BCUT2D eigenvalue weighted by molar-refractivity contribution is -0.123. The molecule has 4 heterocycles. The van der Waals surface area contributed by atoms with Crippen LogP contribution in [0.25, 0.3) is 5.31 Å². The molecule has 2 saturated heterocycles. The van der Waals surface area contributed by atoms with Crippen LogP contribution in [0.1, 0.15) is 5.56 Å². The number of ether oxygens (including phenoxy) is 1. The minimum atomic E-state index is -0.405. The van der Waals surface area contributed by atoms with E-state index in [9.17, 15) is 9.18 Å². The average molecular weight is 413 g/mol. The van der Waals surface area contributed by atoms with Gasteiger partial charge in [0.15, 0.2) is 11.6 Å². The van der Waals surface area contributed by atoms with Crippen LogP contribution in [0.15, 0.2) is 48.3 Å². The molecule has 2 fully saturated rings. The molecular weight excluding hydrogens is 388 g/mol. The number of amides is 1. The summed E-state index contributed by atoms with van der Waals surface area (Å²) in [5.41, 5.74) is 1.87. The van der Waals surface area contributed by atoms with Crippen LogP contribution in [0.5, 0.6) is 5.75 Å². The van der Waals surface area contributed by atoms with E-state index in [0.717, 1.165) is 54.6 Å². The quantitative estimate of drug-likeness (QED) is 0.714. The van der Waals surface area contributed by atoms with Crippen LogP contribution < -0.4 is 4.74 Å². The minimum Gasteiger partial charge on any atom is -0.494 e. The molecular formula is C22H25FN3O2P. The lowest BCUT2D eigenvalue weighted by atomic mass is 10.0. The van der Waals surface area contributed by atoms with Crippen molar-refractivity contribution in [1.29, 1.82) is 0 Å². The maximum atomic E-state index is 14.1. The minimum absolute atomic E-state index is 0.00430. The molecule has 0 N–H and O–H groups in total. The van der Waals surface area contributed by atoms with Crippen molar-refractivity contribution in [2.24, 2.45) is 11.8 Å². The summed E-state index contributed by atoms with van der Waals surface area (Å²) >= 11 is 0. The fraction of sp³-hybridized carbons (Fsp3) is 0.409. The molecule has 7 heteroatoms. The number of benzene rings is 1. The number of hydrogen-bond acceptors (Lipinski definition) is 4. The van der Waals surface area contributed by atoms with Crippen molar-refractivity contribution in [3.8, 4) is 5.75 Å². The zero-order valence-electron chi connectivity index (χ0n) is 16.6. The second kappa shape index (κ2) is 7.26. The van der Waals surface area contributed by atoms with Crippen molar-refractivity contribution < 1.29 is 13.9 Å². The second-order valence-electron chi connectivity index (χ2n) is 8.30. The van der Waals surface area contributed by atoms with E-state index in [1.807, 2.05) is 17.2 Å². The summed E-state index contributed by atoms with van der Waals surface area (Å²) in [5, 5.41) is 0.887. The van der Waals surface area contributed by atoms with Gasteiger partial charge in [-0.05, 0) is 48.0 Å². The van der Waals surface area contributed by atoms with Gasteiger partial charge in [-0.1, -0.05) is 20.7 Å². The maximum Gasteiger partial charge on any atom is 0.252 e. The second-order valence-corrected chi connectivity index (χ2v) is 9.72. The molecule has 4 atom stereocenters. The number of hydrogen-bond donors (Lipinski definition) is 0. The van der Waals surface area contributed by atoms with E-state index in [-0.39, 0.29) is 17.4 Å². The Kier molecular flexibility index (Phi) is 4.72. The van der Waals surface area contributed by atoms with Crippen LogP contribution in [0.3, 0.4) is 0 Å². The van der Waals surface area contributed by atoms with Gasteiger partial charge in [0.25, 0.3) is 5.91 Å². The smallest absolute Gasteiger partial charge is 0.252 e. The monoisotopic (exact) mass is 413 g/mol. The van der Waals surface area contributed by atoms with Gasteiger partial charge >= 0.3 is 0 Å². The third-order valence-electron chi connectivity index (χ3n) is 6.34. The summed E-state index contributed by atoms with van der Waals surface area (Å²) in [6.45, 7) is 4.45. The molecule has 0 aromatic heterocycles. The van der Waals surface area contributed by atoms with Gasteiger partial charge in [-0.15, -0.1) is 0 Å². The van der Waals surface area contributed by atoms with Gasteiger partial charge in [0.1, 0.15) is 0 Å². The number of halogens is 1. The largest absolute Gasteiger partial charge is 0.494 e. The molecule has 4 aliphatic heterocycles. The molecule has 29 heavy (non-hydrogen) atoms. The molecule has 0 aliphatic carbocycles. The van der Waals surface area contributed by atoms with Crippen molar-refractivity contribution in [1.82, 2.24) is 14.7 Å². The van der Waals surface area contributed by atoms with E-state index in [0.29, 0.717) is 8.58 Å². The van der Waals surface area contributed by atoms with Gasteiger partial charge in [-0.25, -0.2) is 4.39 Å². The van der Waals surface area contributed by atoms with Crippen LogP contribution in [-0.4, -0.2) is 66.7 Å². The summed E-state index contributed by atoms with van der Waals surface area (Å²) in [6.07, 6.45) is 7.94. The molecule has 0 radical (unpaired) electrons. The van der Waals surface area contributed by atoms with Crippen molar-refractivity contribution in [3.63, 3.8) is 0 Å². The Morgan fingerprint density at radius 1 is 1.17 bits per heavy atom. The fourth-order valence-electron chi connectivity index (χ4n) is 4.89. The number of rotatable bonds is 3. The summed E-state index contributed by atoms with van der Waals surface area (Å²) < 4.78 is 19.1. The average Bonchev–Trinajstić information content (AvgIpc) is 3.25. The van der Waals surface area contributed by atoms with E-state index in [1.54, 1.807) is 12.1 Å². The Morgan fingerprint density at radius 3 is 2.62 bits per heavy atom. The Labute approximate surface area is 172 Å². The standard InChI is InChI=1S/C22H25FN3O2P/c1-24-9-15-11-25(12-16(15)10-24)17-4-6-22-26(13-17)21(27)8-20(29-22)14-3-5-19(28-2)18(23)7-14/h3-8,13,15-16,22,29H,9-12H2,1-2H3/t15-,16+,22?. The number of nitrogens with zero attached hydrogens (tertiary/aromatic N) is 3. The van der Waals surface area contributed by atoms with Crippen molar-refractivity contribution in [2.45, 2.75) is 5.78 Å². The first-order valence-corrected chi connectivity index (χ1v) is 11.1. The molecule has 2 unspecified atom stereocenters. The highest BCUT2D eigenvalue weighted by Crippen LogP contribution is 2.45. The molecule has 5 nitrogen and oxygen atoms in total. The van der Waals surface area contributed by atoms with Crippen molar-refractivity contribution in [2.75, 3.05) is 40.3 Å². The third-order valence-corrected chi connectivity index (χ3v) is 7.85. The number of fused-ring (bicyclic) bond motifs is 2. The Hall–Kier alpha value is -2.17.